The standard InChI is InChI=1S/C27H27N3O3S2/c1-25(31)14-26(28,15-25)19-9-7-17(8-10-19)21-22(18-5-3-2-4-6-18)35-23(30-21)20-13-29-24(34-20)27(32)11-12-33-16-27/h2-10,13,31-32H,11-12,14-16,28H2,1H3/t25?,26?,27-/m1/s1. The fraction of sp³-hybridized carbons (Fsp3) is 0.333. The number of aromatic nitrogens is 2. The Morgan fingerprint density at radius 2 is 1.71 bits per heavy atom. The molecule has 0 amide bonds. The molecule has 2 fully saturated rings. The monoisotopic (exact) mass is 505 g/mol. The molecule has 4 N–H and O–H groups in total. The van der Waals surface area contributed by atoms with Gasteiger partial charge in [0, 0.05) is 30.3 Å². The highest BCUT2D eigenvalue weighted by atomic mass is 32.1. The van der Waals surface area contributed by atoms with Crippen LogP contribution in [-0.4, -0.2) is 39.0 Å². The maximum absolute atomic E-state index is 10.9. The molecular weight excluding hydrogens is 478 g/mol. The highest BCUT2D eigenvalue weighted by Crippen LogP contribution is 2.47. The summed E-state index contributed by atoms with van der Waals surface area (Å²) < 4.78 is 5.41. The molecule has 1 atom stereocenters. The van der Waals surface area contributed by atoms with Crippen molar-refractivity contribution in [2.75, 3.05) is 13.2 Å². The lowest BCUT2D eigenvalue weighted by atomic mass is 9.63. The van der Waals surface area contributed by atoms with Gasteiger partial charge in [-0.25, -0.2) is 9.97 Å². The van der Waals surface area contributed by atoms with Crippen molar-refractivity contribution >= 4 is 22.7 Å². The van der Waals surface area contributed by atoms with E-state index in [9.17, 15) is 10.2 Å². The van der Waals surface area contributed by atoms with Crippen LogP contribution in [0.1, 0.15) is 36.8 Å². The van der Waals surface area contributed by atoms with Gasteiger partial charge in [0.2, 0.25) is 0 Å². The highest BCUT2D eigenvalue weighted by Gasteiger charge is 2.49. The lowest BCUT2D eigenvalue weighted by molar-refractivity contribution is -0.0738. The first-order valence-electron chi connectivity index (χ1n) is 11.7. The molecule has 1 aliphatic heterocycles. The van der Waals surface area contributed by atoms with Crippen molar-refractivity contribution in [3.8, 4) is 31.6 Å². The Bertz CT molecular complexity index is 1350. The summed E-state index contributed by atoms with van der Waals surface area (Å²) >= 11 is 3.11. The van der Waals surface area contributed by atoms with Gasteiger partial charge in [0.05, 0.1) is 27.7 Å². The van der Waals surface area contributed by atoms with Gasteiger partial charge in [-0.05, 0) is 30.9 Å². The van der Waals surface area contributed by atoms with E-state index in [-0.39, 0.29) is 6.61 Å². The molecule has 1 aliphatic carbocycles. The zero-order chi connectivity index (χ0) is 24.3. The fourth-order valence-electron chi connectivity index (χ4n) is 5.19. The summed E-state index contributed by atoms with van der Waals surface area (Å²) in [6, 6.07) is 18.5. The van der Waals surface area contributed by atoms with E-state index >= 15 is 0 Å². The quantitative estimate of drug-likeness (QED) is 0.356. The van der Waals surface area contributed by atoms with Crippen LogP contribution in [0.5, 0.6) is 0 Å². The average molecular weight is 506 g/mol. The number of nitrogens with zero attached hydrogens (tertiary/aromatic N) is 2. The molecule has 8 heteroatoms. The topological polar surface area (TPSA) is 101 Å². The molecule has 2 aromatic heterocycles. The molecule has 3 heterocycles. The lowest BCUT2D eigenvalue weighted by Gasteiger charge is -2.49. The van der Waals surface area contributed by atoms with Crippen LogP contribution in [0.25, 0.3) is 31.6 Å². The van der Waals surface area contributed by atoms with E-state index in [4.69, 9.17) is 15.5 Å². The molecule has 35 heavy (non-hydrogen) atoms. The number of nitrogens with two attached hydrogens (primary N) is 1. The van der Waals surface area contributed by atoms with Crippen LogP contribution >= 0.6 is 22.7 Å². The molecule has 0 bridgehead atoms. The minimum atomic E-state index is -1.01. The van der Waals surface area contributed by atoms with E-state index in [0.29, 0.717) is 30.9 Å². The second-order valence-electron chi connectivity index (χ2n) is 10.0. The Morgan fingerprint density at radius 1 is 0.971 bits per heavy atom. The third kappa shape index (κ3) is 4.14. The minimum Gasteiger partial charge on any atom is -0.390 e. The predicted molar refractivity (Wildman–Crippen MR) is 139 cm³/mol. The zero-order valence-corrected chi connectivity index (χ0v) is 21.0. The maximum atomic E-state index is 10.9. The van der Waals surface area contributed by atoms with Crippen molar-refractivity contribution in [2.45, 2.75) is 42.9 Å². The first kappa shape index (κ1) is 23.0. The highest BCUT2D eigenvalue weighted by molar-refractivity contribution is 7.23. The van der Waals surface area contributed by atoms with Gasteiger partial charge < -0.3 is 20.7 Å². The number of hydrogen-bond donors (Lipinski definition) is 3. The molecule has 1 saturated heterocycles. The zero-order valence-electron chi connectivity index (χ0n) is 19.4. The van der Waals surface area contributed by atoms with Crippen molar-refractivity contribution < 1.29 is 14.9 Å². The van der Waals surface area contributed by atoms with E-state index in [1.165, 1.54) is 11.3 Å². The second kappa shape index (κ2) is 8.30. The lowest BCUT2D eigenvalue weighted by Crippen LogP contribution is -2.58. The van der Waals surface area contributed by atoms with Gasteiger partial charge in [-0.1, -0.05) is 54.6 Å². The average Bonchev–Trinajstić information content (AvgIpc) is 3.58. The molecule has 2 aromatic carbocycles. The van der Waals surface area contributed by atoms with Crippen molar-refractivity contribution in [2.24, 2.45) is 5.73 Å². The number of benzene rings is 2. The first-order valence-corrected chi connectivity index (χ1v) is 13.3. The first-order chi connectivity index (χ1) is 16.7. The van der Waals surface area contributed by atoms with Gasteiger partial charge >= 0.3 is 0 Å². The van der Waals surface area contributed by atoms with Gasteiger partial charge in [0.1, 0.15) is 15.6 Å². The Hall–Kier alpha value is -2.46. The molecule has 6 nitrogen and oxygen atoms in total. The van der Waals surface area contributed by atoms with Crippen LogP contribution in [0.3, 0.4) is 0 Å². The Labute approximate surface area is 212 Å². The van der Waals surface area contributed by atoms with Crippen molar-refractivity contribution in [1.29, 1.82) is 0 Å². The molecule has 0 spiro atoms. The van der Waals surface area contributed by atoms with Gasteiger partial charge in [-0.15, -0.1) is 22.7 Å². The van der Waals surface area contributed by atoms with Gasteiger partial charge in [0.25, 0.3) is 0 Å². The van der Waals surface area contributed by atoms with Gasteiger partial charge in [0.15, 0.2) is 0 Å². The van der Waals surface area contributed by atoms with E-state index in [1.807, 2.05) is 25.1 Å². The SMILES string of the molecule is CC1(O)CC(N)(c2ccc(-c3nc(-c4cnc([C@@]5(O)CCOC5)s4)sc3-c3ccccc3)cc2)C1. The van der Waals surface area contributed by atoms with E-state index in [2.05, 4.69) is 41.4 Å². The van der Waals surface area contributed by atoms with Crippen LogP contribution in [0.4, 0.5) is 0 Å². The third-order valence-electron chi connectivity index (χ3n) is 6.90. The summed E-state index contributed by atoms with van der Waals surface area (Å²) in [5, 5.41) is 22.6. The van der Waals surface area contributed by atoms with Crippen molar-refractivity contribution in [1.82, 2.24) is 9.97 Å². The molecular formula is C27H27N3O3S2. The molecule has 0 unspecified atom stereocenters. The molecule has 0 radical (unpaired) electrons. The van der Waals surface area contributed by atoms with Gasteiger partial charge in [-0.2, -0.15) is 0 Å². The summed E-state index contributed by atoms with van der Waals surface area (Å²) in [7, 11) is 0. The van der Waals surface area contributed by atoms with Crippen LogP contribution < -0.4 is 5.73 Å². The second-order valence-corrected chi connectivity index (χ2v) is 12.0. The minimum absolute atomic E-state index is 0.281. The van der Waals surface area contributed by atoms with E-state index in [0.717, 1.165) is 37.1 Å². The summed E-state index contributed by atoms with van der Waals surface area (Å²) in [6.07, 6.45) is 3.47. The molecule has 1 saturated carbocycles. The van der Waals surface area contributed by atoms with Crippen LogP contribution in [-0.2, 0) is 15.9 Å². The van der Waals surface area contributed by atoms with E-state index in [1.54, 1.807) is 17.5 Å². The molecule has 4 aromatic rings. The maximum Gasteiger partial charge on any atom is 0.141 e. The number of rotatable bonds is 5. The fourth-order valence-corrected chi connectivity index (χ4v) is 7.34. The Morgan fingerprint density at radius 3 is 2.37 bits per heavy atom. The predicted octanol–water partition coefficient (Wildman–Crippen LogP) is 4.91. The van der Waals surface area contributed by atoms with Crippen LogP contribution in [0.15, 0.2) is 60.8 Å². The van der Waals surface area contributed by atoms with Crippen molar-refractivity contribution in [3.63, 3.8) is 0 Å². The smallest absolute Gasteiger partial charge is 0.141 e. The Kier molecular flexibility index (Phi) is 5.45. The summed E-state index contributed by atoms with van der Waals surface area (Å²) in [4.78, 5) is 11.6. The normalized spacial score (nSPS) is 28.2. The molecule has 180 valence electrons. The van der Waals surface area contributed by atoms with E-state index < -0.39 is 16.7 Å². The number of hydrogen-bond acceptors (Lipinski definition) is 8. The number of ether oxygens (including phenoxy) is 1. The third-order valence-corrected chi connectivity index (χ3v) is 9.37. The van der Waals surface area contributed by atoms with Crippen LogP contribution in [0.2, 0.25) is 0 Å². The van der Waals surface area contributed by atoms with Gasteiger partial charge in [-0.3, -0.25) is 0 Å². The largest absolute Gasteiger partial charge is 0.390 e. The van der Waals surface area contributed by atoms with Crippen LogP contribution in [0, 0.1) is 0 Å². The summed E-state index contributed by atoms with van der Waals surface area (Å²) in [5.41, 5.74) is 8.42. The van der Waals surface area contributed by atoms with Crippen molar-refractivity contribution in [3.05, 3.63) is 71.4 Å². The molecule has 6 rings (SSSR count). The molecule has 2 aliphatic rings. The number of aliphatic hydroxyl groups is 2. The summed E-state index contributed by atoms with van der Waals surface area (Å²) in [5.74, 6) is 0. The summed E-state index contributed by atoms with van der Waals surface area (Å²) in [6.45, 7) is 2.66. The number of thiazole rings is 2. The Balaban J connectivity index is 1.37.